The molecule has 0 aliphatic heterocycles. The van der Waals surface area contributed by atoms with Gasteiger partial charge in [0.2, 0.25) is 5.71 Å². The number of pyridine rings is 1. The number of rotatable bonds is 13. The molecule has 1 aromatic carbocycles. The van der Waals surface area contributed by atoms with Crippen LogP contribution in [0.5, 0.6) is 0 Å². The Labute approximate surface area is 217 Å². The highest BCUT2D eigenvalue weighted by Crippen LogP contribution is 2.44. The van der Waals surface area contributed by atoms with Crippen molar-refractivity contribution in [2.24, 2.45) is 0 Å². The van der Waals surface area contributed by atoms with E-state index in [0.717, 1.165) is 29.5 Å². The zero-order valence-corrected chi connectivity index (χ0v) is 21.6. The maximum Gasteiger partial charge on any atom is 0.303 e. The van der Waals surface area contributed by atoms with Crippen molar-refractivity contribution in [1.82, 2.24) is 14.6 Å². The summed E-state index contributed by atoms with van der Waals surface area (Å²) in [7, 11) is 1.56. The number of carbonyl (C=O) groups excluding carboxylic acids is 1. The lowest BCUT2D eigenvalue weighted by atomic mass is 10.0. The molecule has 1 fully saturated rings. The number of furan rings is 1. The number of hydrogen-bond acceptors (Lipinski definition) is 7. The lowest BCUT2D eigenvalue weighted by Gasteiger charge is -2.24. The number of nitrogens with one attached hydrogen (secondary N) is 1. The van der Waals surface area contributed by atoms with Crippen LogP contribution in [-0.2, 0) is 27.3 Å². The van der Waals surface area contributed by atoms with Gasteiger partial charge in [-0.15, -0.1) is 0 Å². The predicted molar refractivity (Wildman–Crippen MR) is 137 cm³/mol. The first-order chi connectivity index (χ1) is 17.8. The van der Waals surface area contributed by atoms with Crippen molar-refractivity contribution < 1.29 is 32.6 Å². The third kappa shape index (κ3) is 6.61. The van der Waals surface area contributed by atoms with E-state index in [1.807, 2.05) is 37.3 Å². The molecule has 4 rings (SSSR count). The average molecular weight is 529 g/mol. The zero-order valence-electron chi connectivity index (χ0n) is 20.8. The van der Waals surface area contributed by atoms with Crippen molar-refractivity contribution in [2.75, 3.05) is 26.8 Å². The quantitative estimate of drug-likeness (QED) is 0.253. The van der Waals surface area contributed by atoms with Gasteiger partial charge in [0.15, 0.2) is 0 Å². The number of fused-ring (bicyclic) bond motifs is 1. The molecular formula is C26H30N3O7S-. The van der Waals surface area contributed by atoms with Crippen LogP contribution in [0, 0.1) is 6.92 Å². The van der Waals surface area contributed by atoms with Crippen LogP contribution in [0.25, 0.3) is 22.4 Å². The molecule has 198 valence electrons. The number of ether oxygens (including phenoxy) is 1. The van der Waals surface area contributed by atoms with E-state index in [2.05, 4.69) is 5.32 Å². The van der Waals surface area contributed by atoms with Gasteiger partial charge in [-0.1, -0.05) is 29.8 Å². The standard InChI is InChI=1S/C26H31N3O7S/c1-16-5-7-18(8-6-16)24-23(25(32)27-2)20-14-19(17-9-10-17)21(28-26(20)36-24)15-29(37(33)34)11-13-35-12-3-4-22(30)31/h5-8,14,17H,3-4,9-13,15H2,1-2H3,(H,27,32)(H,30,31)(H,33,34)/p-1. The Bertz CT molecular complexity index is 1300. The average Bonchev–Trinajstić information content (AvgIpc) is 3.65. The molecule has 1 aliphatic carbocycles. The second kappa shape index (κ2) is 12.0. The summed E-state index contributed by atoms with van der Waals surface area (Å²) in [6.07, 6.45) is 2.28. The number of aromatic nitrogens is 1. The SMILES string of the molecule is CNC(=O)c1c(-c2ccc(C)cc2)oc2nc(CN(CCOCCCC(=O)O)S(=O)[O-])c(C3CC3)cc12. The van der Waals surface area contributed by atoms with Crippen molar-refractivity contribution in [3.05, 3.63) is 52.7 Å². The molecule has 37 heavy (non-hydrogen) atoms. The summed E-state index contributed by atoms with van der Waals surface area (Å²) in [5.41, 5.74) is 3.99. The second-order valence-electron chi connectivity index (χ2n) is 9.09. The van der Waals surface area contributed by atoms with Crippen molar-refractivity contribution in [2.45, 2.75) is 45.1 Å². The normalized spacial score (nSPS) is 14.3. The van der Waals surface area contributed by atoms with Gasteiger partial charge in [-0.3, -0.25) is 13.8 Å². The third-order valence-electron chi connectivity index (χ3n) is 6.28. The fourth-order valence-corrected chi connectivity index (χ4v) is 4.63. The molecule has 1 amide bonds. The van der Waals surface area contributed by atoms with Crippen molar-refractivity contribution >= 4 is 34.2 Å². The summed E-state index contributed by atoms with van der Waals surface area (Å²) < 4.78 is 36.7. The molecule has 0 spiro atoms. The van der Waals surface area contributed by atoms with Gasteiger partial charge >= 0.3 is 5.97 Å². The highest BCUT2D eigenvalue weighted by molar-refractivity contribution is 7.76. The highest BCUT2D eigenvalue weighted by atomic mass is 32.2. The van der Waals surface area contributed by atoms with Gasteiger partial charge in [-0.05, 0) is 43.7 Å². The number of amides is 1. The minimum atomic E-state index is -2.52. The number of carboxylic acid groups (broad SMARTS) is 1. The first-order valence-electron chi connectivity index (χ1n) is 12.2. The van der Waals surface area contributed by atoms with Crippen LogP contribution < -0.4 is 5.32 Å². The Kier molecular flexibility index (Phi) is 8.70. The van der Waals surface area contributed by atoms with Gasteiger partial charge in [-0.25, -0.2) is 9.29 Å². The van der Waals surface area contributed by atoms with E-state index in [1.165, 1.54) is 4.31 Å². The second-order valence-corrected chi connectivity index (χ2v) is 10.0. The predicted octanol–water partition coefficient (Wildman–Crippen LogP) is 3.52. The Hall–Kier alpha value is -3.12. The van der Waals surface area contributed by atoms with Crippen LogP contribution in [0.15, 0.2) is 34.7 Å². The van der Waals surface area contributed by atoms with E-state index in [1.54, 1.807) is 7.05 Å². The molecular weight excluding hydrogens is 498 g/mol. The molecule has 10 nitrogen and oxygen atoms in total. The molecule has 3 aromatic rings. The first-order valence-corrected chi connectivity index (χ1v) is 13.2. The monoisotopic (exact) mass is 528 g/mol. The number of aliphatic carboxylic acids is 1. The van der Waals surface area contributed by atoms with E-state index in [-0.39, 0.29) is 50.3 Å². The lowest BCUT2D eigenvalue weighted by molar-refractivity contribution is -0.137. The van der Waals surface area contributed by atoms with Gasteiger partial charge in [0.05, 0.1) is 29.8 Å². The van der Waals surface area contributed by atoms with Crippen LogP contribution >= 0.6 is 0 Å². The summed E-state index contributed by atoms with van der Waals surface area (Å²) in [5.74, 6) is -0.521. The molecule has 2 aromatic heterocycles. The van der Waals surface area contributed by atoms with Crippen molar-refractivity contribution in [3.8, 4) is 11.3 Å². The van der Waals surface area contributed by atoms with E-state index in [0.29, 0.717) is 28.8 Å². The summed E-state index contributed by atoms with van der Waals surface area (Å²) in [6.45, 7) is 2.48. The number of carbonyl (C=O) groups is 2. The molecule has 0 radical (unpaired) electrons. The number of hydrogen-bond donors (Lipinski definition) is 2. The highest BCUT2D eigenvalue weighted by Gasteiger charge is 2.31. The van der Waals surface area contributed by atoms with E-state index < -0.39 is 17.2 Å². The summed E-state index contributed by atoms with van der Waals surface area (Å²) in [6, 6.07) is 9.57. The van der Waals surface area contributed by atoms with Crippen LogP contribution in [0.2, 0.25) is 0 Å². The number of benzene rings is 1. The van der Waals surface area contributed by atoms with Crippen molar-refractivity contribution in [3.63, 3.8) is 0 Å². The largest absolute Gasteiger partial charge is 0.760 e. The third-order valence-corrected chi connectivity index (χ3v) is 7.01. The van der Waals surface area contributed by atoms with E-state index in [4.69, 9.17) is 19.2 Å². The zero-order chi connectivity index (χ0) is 26.5. The molecule has 1 aliphatic rings. The van der Waals surface area contributed by atoms with Gasteiger partial charge < -0.3 is 24.1 Å². The summed E-state index contributed by atoms with van der Waals surface area (Å²) in [5, 5.41) is 12.0. The van der Waals surface area contributed by atoms with Gasteiger partial charge in [0.25, 0.3) is 5.91 Å². The van der Waals surface area contributed by atoms with Crippen molar-refractivity contribution in [1.29, 1.82) is 0 Å². The minimum Gasteiger partial charge on any atom is -0.760 e. The molecule has 1 saturated carbocycles. The molecule has 2 N–H and O–H groups in total. The Morgan fingerprint density at radius 3 is 2.62 bits per heavy atom. The molecule has 0 bridgehead atoms. The topological polar surface area (TPSA) is 145 Å². The molecule has 2 heterocycles. The number of nitrogens with zero attached hydrogens (tertiary/aromatic N) is 2. The molecule has 1 unspecified atom stereocenters. The minimum absolute atomic E-state index is 0.00233. The Morgan fingerprint density at radius 2 is 2.00 bits per heavy atom. The summed E-state index contributed by atoms with van der Waals surface area (Å²) >= 11 is -2.52. The molecule has 1 atom stereocenters. The maximum absolute atomic E-state index is 12.9. The van der Waals surface area contributed by atoms with E-state index in [9.17, 15) is 18.4 Å². The molecule has 0 saturated heterocycles. The fraction of sp³-hybridized carbons (Fsp3) is 0.423. The smallest absolute Gasteiger partial charge is 0.303 e. The lowest BCUT2D eigenvalue weighted by Crippen LogP contribution is -2.30. The Morgan fingerprint density at radius 1 is 1.27 bits per heavy atom. The fourth-order valence-electron chi connectivity index (χ4n) is 4.18. The number of aryl methyl sites for hydroxylation is 1. The van der Waals surface area contributed by atoms with Crippen LogP contribution in [0.3, 0.4) is 0 Å². The molecule has 11 heteroatoms. The maximum atomic E-state index is 12.9. The van der Waals surface area contributed by atoms with Gasteiger partial charge in [0.1, 0.15) is 5.76 Å². The summed E-state index contributed by atoms with van der Waals surface area (Å²) in [4.78, 5) is 28.2. The van der Waals surface area contributed by atoms with Gasteiger partial charge in [-0.2, -0.15) is 0 Å². The van der Waals surface area contributed by atoms with Crippen LogP contribution in [0.1, 0.15) is 58.8 Å². The van der Waals surface area contributed by atoms with Crippen LogP contribution in [0.4, 0.5) is 0 Å². The van der Waals surface area contributed by atoms with Crippen LogP contribution in [-0.4, -0.2) is 61.8 Å². The number of carboxylic acids is 1. The van der Waals surface area contributed by atoms with Gasteiger partial charge in [0, 0.05) is 43.5 Å². The Balaban J connectivity index is 1.63. The first kappa shape index (κ1) is 26.9. The van der Waals surface area contributed by atoms with E-state index >= 15 is 0 Å².